The summed E-state index contributed by atoms with van der Waals surface area (Å²) in [4.78, 5) is 15.9. The second-order valence-electron chi connectivity index (χ2n) is 8.55. The second kappa shape index (κ2) is 8.08. The van der Waals surface area contributed by atoms with Gasteiger partial charge in [0.05, 0.1) is 17.7 Å². The number of guanidine groups is 1. The van der Waals surface area contributed by atoms with Crippen LogP contribution in [0.5, 0.6) is 0 Å². The molecule has 0 saturated carbocycles. The van der Waals surface area contributed by atoms with E-state index in [1.54, 1.807) is 11.8 Å². The minimum atomic E-state index is -0.0431. The molecular formula is C23H28N8S. The summed E-state index contributed by atoms with van der Waals surface area (Å²) in [6, 6.07) is 17.2. The van der Waals surface area contributed by atoms with Crippen LogP contribution in [-0.4, -0.2) is 83.2 Å². The van der Waals surface area contributed by atoms with E-state index in [9.17, 15) is 0 Å². The van der Waals surface area contributed by atoms with Crippen molar-refractivity contribution in [3.8, 4) is 0 Å². The Morgan fingerprint density at radius 2 is 1.75 bits per heavy atom. The first-order valence-electron chi connectivity index (χ1n) is 11.1. The van der Waals surface area contributed by atoms with Gasteiger partial charge in [0, 0.05) is 31.1 Å². The zero-order valence-electron chi connectivity index (χ0n) is 18.5. The fraction of sp³-hybridized carbons (Fsp3) is 0.391. The molecule has 0 amide bonds. The van der Waals surface area contributed by atoms with Crippen LogP contribution in [-0.2, 0) is 0 Å². The number of benzene rings is 2. The van der Waals surface area contributed by atoms with E-state index in [4.69, 9.17) is 9.98 Å². The smallest absolute Gasteiger partial charge is 0.216 e. The molecule has 0 spiro atoms. The number of piperazine rings is 1. The number of hydrogen-bond acceptors (Lipinski definition) is 8. The number of aliphatic imine (C=N–C) groups is 1. The highest BCUT2D eigenvalue weighted by molar-refractivity contribution is 7.98. The Morgan fingerprint density at radius 3 is 2.53 bits per heavy atom. The van der Waals surface area contributed by atoms with Crippen LogP contribution >= 0.6 is 11.8 Å². The molecule has 1 unspecified atom stereocenters. The van der Waals surface area contributed by atoms with Crippen molar-refractivity contribution in [2.24, 2.45) is 4.99 Å². The van der Waals surface area contributed by atoms with Crippen LogP contribution in [0.2, 0.25) is 0 Å². The SMILES string of the molecule is CSc1ccc(C2NC3=NCN(N4CCN(C)CC4)CN3c3nc4ccccc4n32)cc1. The van der Waals surface area contributed by atoms with Crippen molar-refractivity contribution in [1.82, 2.24) is 29.8 Å². The molecule has 0 aliphatic carbocycles. The quantitative estimate of drug-likeness (QED) is 0.618. The molecule has 3 aromatic rings. The molecule has 3 aliphatic rings. The molecule has 9 heteroatoms. The van der Waals surface area contributed by atoms with Crippen LogP contribution in [0.15, 0.2) is 58.4 Å². The Morgan fingerprint density at radius 1 is 0.969 bits per heavy atom. The highest BCUT2D eigenvalue weighted by atomic mass is 32.2. The van der Waals surface area contributed by atoms with Gasteiger partial charge in [0.25, 0.3) is 0 Å². The van der Waals surface area contributed by atoms with Crippen molar-refractivity contribution in [3.63, 3.8) is 0 Å². The van der Waals surface area contributed by atoms with Gasteiger partial charge >= 0.3 is 0 Å². The number of fused-ring (bicyclic) bond motifs is 5. The fourth-order valence-corrected chi connectivity index (χ4v) is 5.14. The summed E-state index contributed by atoms with van der Waals surface area (Å²) in [5.41, 5.74) is 3.34. The van der Waals surface area contributed by atoms with Gasteiger partial charge in [-0.1, -0.05) is 24.3 Å². The van der Waals surface area contributed by atoms with E-state index < -0.39 is 0 Å². The number of likely N-dealkylation sites (N-methyl/N-ethyl adjacent to an activating group) is 1. The lowest BCUT2D eigenvalue weighted by Crippen LogP contribution is -2.62. The molecule has 4 heterocycles. The number of rotatable bonds is 3. The van der Waals surface area contributed by atoms with Gasteiger partial charge in [0.1, 0.15) is 12.8 Å². The van der Waals surface area contributed by atoms with Crippen LogP contribution < -0.4 is 10.2 Å². The number of anilines is 1. The summed E-state index contributed by atoms with van der Waals surface area (Å²) in [6.45, 7) is 5.64. The largest absolute Gasteiger partial charge is 0.331 e. The molecule has 6 rings (SSSR count). The lowest BCUT2D eigenvalue weighted by Gasteiger charge is -2.46. The first kappa shape index (κ1) is 20.0. The molecule has 2 aromatic carbocycles. The van der Waals surface area contributed by atoms with Crippen molar-refractivity contribution in [2.75, 3.05) is 57.7 Å². The highest BCUT2D eigenvalue weighted by Crippen LogP contribution is 2.34. The first-order valence-corrected chi connectivity index (χ1v) is 12.3. The molecule has 3 aliphatic heterocycles. The average Bonchev–Trinajstić information content (AvgIpc) is 3.24. The summed E-state index contributed by atoms with van der Waals surface area (Å²) < 4.78 is 2.32. The third-order valence-electron chi connectivity index (χ3n) is 6.60. The molecule has 0 bridgehead atoms. The predicted molar refractivity (Wildman–Crippen MR) is 130 cm³/mol. The van der Waals surface area contributed by atoms with Crippen molar-refractivity contribution in [1.29, 1.82) is 0 Å². The number of thioether (sulfide) groups is 1. The fourth-order valence-electron chi connectivity index (χ4n) is 4.73. The van der Waals surface area contributed by atoms with Crippen LogP contribution in [0.3, 0.4) is 0 Å². The van der Waals surface area contributed by atoms with E-state index >= 15 is 0 Å². The number of para-hydroxylation sites is 2. The van der Waals surface area contributed by atoms with E-state index in [1.807, 2.05) is 0 Å². The summed E-state index contributed by atoms with van der Waals surface area (Å²) in [6.07, 6.45) is 2.06. The average molecular weight is 449 g/mol. The van der Waals surface area contributed by atoms with E-state index in [2.05, 4.69) is 91.5 Å². The van der Waals surface area contributed by atoms with Crippen LogP contribution in [0.25, 0.3) is 11.0 Å². The Bertz CT molecular complexity index is 1150. The lowest BCUT2D eigenvalue weighted by molar-refractivity contribution is -0.0528. The van der Waals surface area contributed by atoms with E-state index in [-0.39, 0.29) is 6.17 Å². The molecule has 1 fully saturated rings. The Kier molecular flexibility index (Phi) is 5.06. The van der Waals surface area contributed by atoms with Crippen molar-refractivity contribution < 1.29 is 0 Å². The third-order valence-corrected chi connectivity index (χ3v) is 7.34. The van der Waals surface area contributed by atoms with Crippen LogP contribution in [0, 0.1) is 0 Å². The standard InChI is InChI=1S/C23H28N8S/c1-27-11-13-28(14-12-27)29-15-24-22-26-21(17-7-9-18(32-2)10-8-17)31-20-6-4-3-5-19(20)25-23(31)30(22)16-29/h3-10,21H,11-16H2,1-2H3,(H,24,26). The van der Waals surface area contributed by atoms with Gasteiger partial charge in [0.2, 0.25) is 11.9 Å². The summed E-state index contributed by atoms with van der Waals surface area (Å²) in [5.74, 6) is 1.85. The summed E-state index contributed by atoms with van der Waals surface area (Å²) in [7, 11) is 2.19. The van der Waals surface area contributed by atoms with Gasteiger partial charge in [-0.2, -0.15) is 0 Å². The zero-order valence-corrected chi connectivity index (χ0v) is 19.3. The maximum atomic E-state index is 5.05. The van der Waals surface area contributed by atoms with Crippen LogP contribution in [0.1, 0.15) is 11.7 Å². The van der Waals surface area contributed by atoms with E-state index in [1.165, 1.54) is 10.5 Å². The Labute approximate surface area is 192 Å². The maximum Gasteiger partial charge on any atom is 0.216 e. The molecule has 1 aromatic heterocycles. The molecule has 1 saturated heterocycles. The molecule has 8 nitrogen and oxygen atoms in total. The lowest BCUT2D eigenvalue weighted by atomic mass is 10.1. The summed E-state index contributed by atoms with van der Waals surface area (Å²) in [5, 5.41) is 8.49. The predicted octanol–water partition coefficient (Wildman–Crippen LogP) is 2.46. The molecule has 32 heavy (non-hydrogen) atoms. The minimum Gasteiger partial charge on any atom is -0.331 e. The number of nitrogens with one attached hydrogen (secondary N) is 1. The molecule has 1 atom stereocenters. The van der Waals surface area contributed by atoms with Crippen molar-refractivity contribution >= 4 is 34.7 Å². The van der Waals surface area contributed by atoms with Gasteiger partial charge in [-0.3, -0.25) is 9.47 Å². The normalized spacial score (nSPS) is 22.4. The monoisotopic (exact) mass is 448 g/mol. The molecule has 166 valence electrons. The number of aromatic nitrogens is 2. The first-order chi connectivity index (χ1) is 15.7. The van der Waals surface area contributed by atoms with Crippen LogP contribution in [0.4, 0.5) is 5.95 Å². The van der Waals surface area contributed by atoms with Gasteiger partial charge in [0.15, 0.2) is 0 Å². The number of nitrogens with zero attached hydrogens (tertiary/aromatic N) is 7. The number of hydrogen-bond donors (Lipinski definition) is 1. The Hall–Kier alpha value is -2.59. The molecule has 0 radical (unpaired) electrons. The van der Waals surface area contributed by atoms with Gasteiger partial charge in [-0.15, -0.1) is 11.8 Å². The number of hydrazine groups is 1. The topological polar surface area (TPSA) is 55.2 Å². The second-order valence-corrected chi connectivity index (χ2v) is 9.43. The molecule has 1 N–H and O–H groups in total. The van der Waals surface area contributed by atoms with E-state index in [0.717, 1.165) is 55.8 Å². The molecular weight excluding hydrogens is 420 g/mol. The minimum absolute atomic E-state index is 0.0431. The van der Waals surface area contributed by atoms with Gasteiger partial charge in [-0.25, -0.2) is 20.0 Å². The third kappa shape index (κ3) is 3.36. The highest BCUT2D eigenvalue weighted by Gasteiger charge is 2.37. The van der Waals surface area contributed by atoms with E-state index in [0.29, 0.717) is 6.67 Å². The van der Waals surface area contributed by atoms with Gasteiger partial charge < -0.3 is 10.2 Å². The van der Waals surface area contributed by atoms with Gasteiger partial charge in [-0.05, 0) is 43.1 Å². The Balaban J connectivity index is 1.39. The summed E-state index contributed by atoms with van der Waals surface area (Å²) >= 11 is 1.76. The zero-order chi connectivity index (χ0) is 21.7. The van der Waals surface area contributed by atoms with Crippen molar-refractivity contribution in [2.45, 2.75) is 11.1 Å². The number of imidazole rings is 1. The van der Waals surface area contributed by atoms with Crippen molar-refractivity contribution in [3.05, 3.63) is 54.1 Å². The maximum absolute atomic E-state index is 5.05.